The molecule has 0 radical (unpaired) electrons. The van der Waals surface area contributed by atoms with Gasteiger partial charge in [-0.2, -0.15) is 0 Å². The van der Waals surface area contributed by atoms with Gasteiger partial charge >= 0.3 is 0 Å². The van der Waals surface area contributed by atoms with E-state index in [9.17, 15) is 0 Å². The van der Waals surface area contributed by atoms with Crippen molar-refractivity contribution in [2.45, 2.75) is 39.0 Å². The van der Waals surface area contributed by atoms with E-state index in [-0.39, 0.29) is 17.0 Å². The predicted octanol–water partition coefficient (Wildman–Crippen LogP) is 3.26. The highest BCUT2D eigenvalue weighted by molar-refractivity contribution is 8.93. The zero-order valence-electron chi connectivity index (χ0n) is 12.5. The van der Waals surface area contributed by atoms with E-state index in [0.717, 1.165) is 32.0 Å². The van der Waals surface area contributed by atoms with Crippen LogP contribution in [0.25, 0.3) is 0 Å². The van der Waals surface area contributed by atoms with E-state index in [4.69, 9.17) is 0 Å². The Hall–Kier alpha value is -1.03. The smallest absolute Gasteiger partial charge is 0.191 e. The zero-order chi connectivity index (χ0) is 13.5. The van der Waals surface area contributed by atoms with Crippen LogP contribution < -0.4 is 10.6 Å². The second-order valence-corrected chi connectivity index (χ2v) is 5.44. The summed E-state index contributed by atoms with van der Waals surface area (Å²) in [6, 6.07) is 8.95. The third kappa shape index (κ3) is 5.53. The van der Waals surface area contributed by atoms with E-state index in [1.807, 2.05) is 0 Å². The van der Waals surface area contributed by atoms with Gasteiger partial charge in [0.1, 0.15) is 0 Å². The van der Waals surface area contributed by atoms with Crippen molar-refractivity contribution in [2.24, 2.45) is 4.99 Å². The number of hydrogen-bond acceptors (Lipinski definition) is 3. The first-order valence-corrected chi connectivity index (χ1v) is 7.37. The van der Waals surface area contributed by atoms with Crippen LogP contribution in [0.4, 0.5) is 0 Å². The van der Waals surface area contributed by atoms with Gasteiger partial charge in [-0.25, -0.2) is 0 Å². The zero-order valence-corrected chi connectivity index (χ0v) is 14.2. The van der Waals surface area contributed by atoms with Gasteiger partial charge in [0.2, 0.25) is 0 Å². The van der Waals surface area contributed by atoms with Gasteiger partial charge in [0.05, 0.1) is 0 Å². The van der Waals surface area contributed by atoms with Crippen molar-refractivity contribution in [3.63, 3.8) is 0 Å². The Morgan fingerprint density at radius 1 is 1.20 bits per heavy atom. The quantitative estimate of drug-likeness (QED) is 0.883. The van der Waals surface area contributed by atoms with Gasteiger partial charge in [-0.15, -0.1) is 17.0 Å². The summed E-state index contributed by atoms with van der Waals surface area (Å²) in [6.07, 6.45) is 3.44. The van der Waals surface area contributed by atoms with Crippen LogP contribution in [0.2, 0.25) is 0 Å². The molecule has 1 heterocycles. The fourth-order valence-corrected chi connectivity index (χ4v) is 2.20. The van der Waals surface area contributed by atoms with E-state index >= 15 is 0 Å². The Kier molecular flexibility index (Phi) is 7.67. The average Bonchev–Trinajstić information content (AvgIpc) is 2.68. The molecule has 0 aromatic heterocycles. The lowest BCUT2D eigenvalue weighted by molar-refractivity contribution is 0.741. The third-order valence-corrected chi connectivity index (χ3v) is 3.50. The molecule has 4 heteroatoms. The summed E-state index contributed by atoms with van der Waals surface area (Å²) in [7, 11) is 0. The van der Waals surface area contributed by atoms with Gasteiger partial charge in [0.25, 0.3) is 0 Å². The minimum absolute atomic E-state index is 0. The number of guanidine groups is 1. The van der Waals surface area contributed by atoms with Crippen LogP contribution in [0.15, 0.2) is 29.3 Å². The average molecular weight is 340 g/mol. The SMILES string of the molecule is Br.CC(C)c1ccc(CCNC2=NCCCCN2)cc1. The second kappa shape index (κ2) is 9.01. The molecular formula is C16H26BrN3. The largest absolute Gasteiger partial charge is 0.356 e. The summed E-state index contributed by atoms with van der Waals surface area (Å²) in [5.41, 5.74) is 2.79. The molecule has 0 aliphatic carbocycles. The van der Waals surface area contributed by atoms with Crippen LogP contribution >= 0.6 is 17.0 Å². The molecule has 1 aliphatic rings. The summed E-state index contributed by atoms with van der Waals surface area (Å²) in [5.74, 6) is 1.58. The van der Waals surface area contributed by atoms with E-state index < -0.39 is 0 Å². The third-order valence-electron chi connectivity index (χ3n) is 3.50. The van der Waals surface area contributed by atoms with Gasteiger partial charge in [0, 0.05) is 19.6 Å². The van der Waals surface area contributed by atoms with Crippen LogP contribution in [0, 0.1) is 0 Å². The maximum Gasteiger partial charge on any atom is 0.191 e. The summed E-state index contributed by atoms with van der Waals surface area (Å²) in [5, 5.41) is 6.72. The predicted molar refractivity (Wildman–Crippen MR) is 92.1 cm³/mol. The van der Waals surface area contributed by atoms with E-state index in [2.05, 4.69) is 53.7 Å². The number of rotatable bonds is 4. The Balaban J connectivity index is 0.00000200. The minimum atomic E-state index is 0. The molecule has 20 heavy (non-hydrogen) atoms. The number of aliphatic imine (C=N–C) groups is 1. The van der Waals surface area contributed by atoms with Crippen molar-refractivity contribution in [3.8, 4) is 0 Å². The van der Waals surface area contributed by atoms with Gasteiger partial charge < -0.3 is 10.6 Å². The second-order valence-electron chi connectivity index (χ2n) is 5.44. The van der Waals surface area contributed by atoms with Crippen LogP contribution in [0.5, 0.6) is 0 Å². The monoisotopic (exact) mass is 339 g/mol. The minimum Gasteiger partial charge on any atom is -0.356 e. The van der Waals surface area contributed by atoms with Crippen molar-refractivity contribution >= 4 is 22.9 Å². The van der Waals surface area contributed by atoms with Gasteiger partial charge in [-0.3, -0.25) is 4.99 Å². The molecule has 0 amide bonds. The van der Waals surface area contributed by atoms with Crippen LogP contribution in [0.3, 0.4) is 0 Å². The molecule has 0 atom stereocenters. The van der Waals surface area contributed by atoms with Gasteiger partial charge in [-0.05, 0) is 36.3 Å². The van der Waals surface area contributed by atoms with E-state index in [1.54, 1.807) is 0 Å². The highest BCUT2D eigenvalue weighted by atomic mass is 79.9. The van der Waals surface area contributed by atoms with Crippen LogP contribution in [-0.4, -0.2) is 25.6 Å². The molecule has 0 bridgehead atoms. The normalized spacial score (nSPS) is 14.8. The molecule has 1 aliphatic heterocycles. The van der Waals surface area contributed by atoms with Crippen LogP contribution in [0.1, 0.15) is 43.7 Å². The lowest BCUT2D eigenvalue weighted by Crippen LogP contribution is -2.38. The van der Waals surface area contributed by atoms with Crippen molar-refractivity contribution in [3.05, 3.63) is 35.4 Å². The Morgan fingerprint density at radius 2 is 1.95 bits per heavy atom. The lowest BCUT2D eigenvalue weighted by Gasteiger charge is -2.10. The van der Waals surface area contributed by atoms with Crippen molar-refractivity contribution in [1.29, 1.82) is 0 Å². The van der Waals surface area contributed by atoms with Crippen LogP contribution in [-0.2, 0) is 6.42 Å². The maximum atomic E-state index is 4.49. The van der Waals surface area contributed by atoms with E-state index in [1.165, 1.54) is 24.0 Å². The first-order chi connectivity index (χ1) is 9.25. The standard InChI is InChI=1S/C16H25N3.BrH/c1-13(2)15-7-5-14(6-8-15)9-12-19-16-17-10-3-4-11-18-16;/h5-8,13H,3-4,9-12H2,1-2H3,(H2,17,18,19);1H. The summed E-state index contributed by atoms with van der Waals surface area (Å²) in [6.45, 7) is 7.37. The molecule has 0 saturated heterocycles. The molecule has 0 unspecified atom stereocenters. The molecule has 2 rings (SSSR count). The highest BCUT2D eigenvalue weighted by Crippen LogP contribution is 2.14. The van der Waals surface area contributed by atoms with Gasteiger partial charge in [-0.1, -0.05) is 38.1 Å². The van der Waals surface area contributed by atoms with Crippen molar-refractivity contribution < 1.29 is 0 Å². The lowest BCUT2D eigenvalue weighted by atomic mass is 10.0. The Bertz CT molecular complexity index is 412. The number of nitrogens with one attached hydrogen (secondary N) is 2. The molecule has 2 N–H and O–H groups in total. The summed E-state index contributed by atoms with van der Waals surface area (Å²) in [4.78, 5) is 4.49. The number of hydrogen-bond donors (Lipinski definition) is 2. The molecule has 0 fully saturated rings. The number of halogens is 1. The first kappa shape index (κ1) is 17.0. The molecule has 1 aromatic rings. The molecule has 1 aromatic carbocycles. The summed E-state index contributed by atoms with van der Waals surface area (Å²) < 4.78 is 0. The molecule has 3 nitrogen and oxygen atoms in total. The molecular weight excluding hydrogens is 314 g/mol. The number of nitrogens with zero attached hydrogens (tertiary/aromatic N) is 1. The molecule has 0 spiro atoms. The summed E-state index contributed by atoms with van der Waals surface area (Å²) >= 11 is 0. The Labute approximate surface area is 133 Å². The van der Waals surface area contributed by atoms with Crippen molar-refractivity contribution in [2.75, 3.05) is 19.6 Å². The number of benzene rings is 1. The topological polar surface area (TPSA) is 36.4 Å². The Morgan fingerprint density at radius 3 is 2.65 bits per heavy atom. The maximum absolute atomic E-state index is 4.49. The van der Waals surface area contributed by atoms with E-state index in [0.29, 0.717) is 5.92 Å². The highest BCUT2D eigenvalue weighted by Gasteiger charge is 2.02. The van der Waals surface area contributed by atoms with Crippen molar-refractivity contribution in [1.82, 2.24) is 10.6 Å². The molecule has 0 saturated carbocycles. The fourth-order valence-electron chi connectivity index (χ4n) is 2.20. The molecule has 112 valence electrons. The fraction of sp³-hybridized carbons (Fsp3) is 0.562. The first-order valence-electron chi connectivity index (χ1n) is 7.37. The van der Waals surface area contributed by atoms with Gasteiger partial charge in [0.15, 0.2) is 5.96 Å².